The number of anilines is 1. The summed E-state index contributed by atoms with van der Waals surface area (Å²) in [6.45, 7) is 1.80. The first-order chi connectivity index (χ1) is 8.95. The molecule has 19 heavy (non-hydrogen) atoms. The fraction of sp³-hybridized carbons (Fsp3) is 0.583. The zero-order valence-corrected chi connectivity index (χ0v) is 11.0. The predicted molar refractivity (Wildman–Crippen MR) is 68.9 cm³/mol. The van der Waals surface area contributed by atoms with Gasteiger partial charge in [0.25, 0.3) is 0 Å². The molecule has 1 fully saturated rings. The topological polar surface area (TPSA) is 96.3 Å². The van der Waals surface area contributed by atoms with E-state index in [4.69, 9.17) is 5.11 Å². The number of carboxylic acids is 1. The number of urea groups is 1. The van der Waals surface area contributed by atoms with Crippen molar-refractivity contribution in [2.75, 3.05) is 5.32 Å². The molecule has 1 aliphatic carbocycles. The molecule has 0 aromatic carbocycles. The van der Waals surface area contributed by atoms with Crippen LogP contribution in [-0.4, -0.2) is 32.9 Å². The minimum atomic E-state index is -0.894. The molecule has 2 rings (SSSR count). The summed E-state index contributed by atoms with van der Waals surface area (Å²) in [5.74, 6) is -0.605. The van der Waals surface area contributed by atoms with Crippen LogP contribution in [-0.2, 0) is 11.8 Å². The Bertz CT molecular complexity index is 493. The lowest BCUT2D eigenvalue weighted by molar-refractivity contribution is -0.137. The molecule has 0 saturated heterocycles. The summed E-state index contributed by atoms with van der Waals surface area (Å²) < 4.78 is 1.61. The molecular formula is C12H18N4O3. The van der Waals surface area contributed by atoms with Crippen LogP contribution in [0.2, 0.25) is 0 Å². The maximum absolute atomic E-state index is 11.8. The third kappa shape index (κ3) is 3.70. The molecule has 0 spiro atoms. The number of rotatable bonds is 5. The minimum Gasteiger partial charge on any atom is -0.481 e. The molecule has 1 aliphatic rings. The lowest BCUT2D eigenvalue weighted by Gasteiger charge is -2.16. The zero-order valence-electron chi connectivity index (χ0n) is 11.0. The van der Waals surface area contributed by atoms with Crippen LogP contribution in [0.15, 0.2) is 6.20 Å². The van der Waals surface area contributed by atoms with Gasteiger partial charge in [-0.1, -0.05) is 0 Å². The molecule has 2 amide bonds. The van der Waals surface area contributed by atoms with Crippen LogP contribution in [0.1, 0.15) is 25.0 Å². The Balaban J connectivity index is 1.92. The Kier molecular flexibility index (Phi) is 3.73. The van der Waals surface area contributed by atoms with Gasteiger partial charge in [-0.2, -0.15) is 5.10 Å². The van der Waals surface area contributed by atoms with Crippen LogP contribution in [0.4, 0.5) is 10.5 Å². The molecule has 1 aromatic heterocycles. The number of carbonyl (C=O) groups excluding carboxylic acids is 1. The number of aliphatic carboxylic acids is 1. The van der Waals surface area contributed by atoms with E-state index in [2.05, 4.69) is 15.7 Å². The standard InChI is InChI=1S/C12H18N4O3/c1-7-10(6-16(2)15-7)14-12(19)13-9(5-11(17)18)8-3-4-8/h6,8-9H,3-5H2,1-2H3,(H,17,18)(H2,13,14,19). The van der Waals surface area contributed by atoms with Crippen LogP contribution in [0.25, 0.3) is 0 Å². The average molecular weight is 266 g/mol. The van der Waals surface area contributed by atoms with Gasteiger partial charge < -0.3 is 15.7 Å². The molecule has 0 bridgehead atoms. The molecule has 1 heterocycles. The molecule has 1 aromatic rings. The Hall–Kier alpha value is -2.05. The SMILES string of the molecule is Cc1nn(C)cc1NC(=O)NC(CC(=O)O)C1CC1. The molecular weight excluding hydrogens is 248 g/mol. The summed E-state index contributed by atoms with van der Waals surface area (Å²) in [7, 11) is 1.77. The summed E-state index contributed by atoms with van der Waals surface area (Å²) in [6.07, 6.45) is 3.62. The van der Waals surface area contributed by atoms with E-state index in [1.165, 1.54) is 0 Å². The second-order valence-electron chi connectivity index (χ2n) is 4.94. The van der Waals surface area contributed by atoms with E-state index in [9.17, 15) is 9.59 Å². The van der Waals surface area contributed by atoms with E-state index >= 15 is 0 Å². The number of nitrogens with zero attached hydrogens (tertiary/aromatic N) is 2. The van der Waals surface area contributed by atoms with Crippen LogP contribution < -0.4 is 10.6 Å². The van der Waals surface area contributed by atoms with Crippen molar-refractivity contribution < 1.29 is 14.7 Å². The van der Waals surface area contributed by atoms with Gasteiger partial charge in [-0.3, -0.25) is 9.48 Å². The highest BCUT2D eigenvalue weighted by Gasteiger charge is 2.33. The molecule has 7 heteroatoms. The fourth-order valence-electron chi connectivity index (χ4n) is 2.07. The van der Waals surface area contributed by atoms with Crippen molar-refractivity contribution in [3.05, 3.63) is 11.9 Å². The summed E-state index contributed by atoms with van der Waals surface area (Å²) in [5.41, 5.74) is 1.35. The fourth-order valence-corrected chi connectivity index (χ4v) is 2.07. The maximum atomic E-state index is 11.8. The van der Waals surface area contributed by atoms with Gasteiger partial charge >= 0.3 is 12.0 Å². The largest absolute Gasteiger partial charge is 0.481 e. The monoisotopic (exact) mass is 266 g/mol. The number of nitrogens with one attached hydrogen (secondary N) is 2. The highest BCUT2D eigenvalue weighted by Crippen LogP contribution is 2.34. The molecule has 1 unspecified atom stereocenters. The zero-order chi connectivity index (χ0) is 14.0. The van der Waals surface area contributed by atoms with Crippen molar-refractivity contribution in [3.63, 3.8) is 0 Å². The van der Waals surface area contributed by atoms with Gasteiger partial charge in [-0.05, 0) is 25.7 Å². The second kappa shape index (κ2) is 5.29. The molecule has 7 nitrogen and oxygen atoms in total. The normalized spacial score (nSPS) is 15.9. The molecule has 0 aliphatic heterocycles. The van der Waals surface area contributed by atoms with Crippen LogP contribution >= 0.6 is 0 Å². The number of aromatic nitrogens is 2. The van der Waals surface area contributed by atoms with E-state index in [1.54, 1.807) is 24.9 Å². The molecule has 1 atom stereocenters. The Labute approximate surface area is 111 Å². The number of carbonyl (C=O) groups is 2. The van der Waals surface area contributed by atoms with Gasteiger partial charge in [0.05, 0.1) is 17.8 Å². The smallest absolute Gasteiger partial charge is 0.319 e. The molecule has 1 saturated carbocycles. The first kappa shape index (κ1) is 13.4. The third-order valence-corrected chi connectivity index (χ3v) is 3.16. The average Bonchev–Trinajstić information content (AvgIpc) is 3.05. The van der Waals surface area contributed by atoms with Gasteiger partial charge in [0, 0.05) is 19.3 Å². The summed E-state index contributed by atoms with van der Waals surface area (Å²) in [5, 5.41) is 18.4. The summed E-state index contributed by atoms with van der Waals surface area (Å²) in [6, 6.07) is -0.677. The molecule has 3 N–H and O–H groups in total. The third-order valence-electron chi connectivity index (χ3n) is 3.16. The van der Waals surface area contributed by atoms with E-state index in [0.717, 1.165) is 18.5 Å². The number of amides is 2. The lowest BCUT2D eigenvalue weighted by Crippen LogP contribution is -2.40. The lowest BCUT2D eigenvalue weighted by atomic mass is 10.1. The van der Waals surface area contributed by atoms with Gasteiger partial charge in [0.15, 0.2) is 0 Å². The summed E-state index contributed by atoms with van der Waals surface area (Å²) >= 11 is 0. The molecule has 0 radical (unpaired) electrons. The number of hydrogen-bond acceptors (Lipinski definition) is 3. The highest BCUT2D eigenvalue weighted by atomic mass is 16.4. The van der Waals surface area contributed by atoms with Crippen molar-refractivity contribution in [2.45, 2.75) is 32.2 Å². The quantitative estimate of drug-likeness (QED) is 0.743. The number of aryl methyl sites for hydroxylation is 2. The van der Waals surface area contributed by atoms with E-state index in [-0.39, 0.29) is 24.4 Å². The van der Waals surface area contributed by atoms with Crippen LogP contribution in [0.5, 0.6) is 0 Å². The first-order valence-corrected chi connectivity index (χ1v) is 6.25. The first-order valence-electron chi connectivity index (χ1n) is 6.25. The van der Waals surface area contributed by atoms with Crippen molar-refractivity contribution in [2.24, 2.45) is 13.0 Å². The number of hydrogen-bond donors (Lipinski definition) is 3. The van der Waals surface area contributed by atoms with Gasteiger partial charge in [-0.25, -0.2) is 4.79 Å². The second-order valence-corrected chi connectivity index (χ2v) is 4.94. The van der Waals surface area contributed by atoms with Gasteiger partial charge in [-0.15, -0.1) is 0 Å². The van der Waals surface area contributed by atoms with E-state index in [1.807, 2.05) is 0 Å². The van der Waals surface area contributed by atoms with E-state index < -0.39 is 5.97 Å². The van der Waals surface area contributed by atoms with Crippen molar-refractivity contribution >= 4 is 17.7 Å². The van der Waals surface area contributed by atoms with Crippen molar-refractivity contribution in [1.29, 1.82) is 0 Å². The van der Waals surface area contributed by atoms with Gasteiger partial charge in [0.2, 0.25) is 0 Å². The van der Waals surface area contributed by atoms with Crippen LogP contribution in [0.3, 0.4) is 0 Å². The summed E-state index contributed by atoms with van der Waals surface area (Å²) in [4.78, 5) is 22.6. The Morgan fingerprint density at radius 1 is 1.58 bits per heavy atom. The maximum Gasteiger partial charge on any atom is 0.319 e. The number of carboxylic acid groups (broad SMARTS) is 1. The van der Waals surface area contributed by atoms with Crippen molar-refractivity contribution in [1.82, 2.24) is 15.1 Å². The Morgan fingerprint density at radius 2 is 2.26 bits per heavy atom. The van der Waals surface area contributed by atoms with E-state index in [0.29, 0.717) is 5.69 Å². The highest BCUT2D eigenvalue weighted by molar-refractivity contribution is 5.90. The molecule has 104 valence electrons. The van der Waals surface area contributed by atoms with Crippen LogP contribution in [0, 0.1) is 12.8 Å². The predicted octanol–water partition coefficient (Wildman–Crippen LogP) is 1.10. The Morgan fingerprint density at radius 3 is 2.74 bits per heavy atom. The minimum absolute atomic E-state index is 0.0376. The van der Waals surface area contributed by atoms with Gasteiger partial charge in [0.1, 0.15) is 0 Å². The van der Waals surface area contributed by atoms with Crippen molar-refractivity contribution in [3.8, 4) is 0 Å².